The molecular formula is C15H20N4O3S2. The van der Waals surface area contributed by atoms with Gasteiger partial charge in [-0.3, -0.25) is 14.7 Å². The maximum atomic E-state index is 11.7. The largest absolute Gasteiger partial charge is 0.466 e. The predicted molar refractivity (Wildman–Crippen MR) is 93.1 cm³/mol. The van der Waals surface area contributed by atoms with Crippen molar-refractivity contribution in [2.45, 2.75) is 31.3 Å². The van der Waals surface area contributed by atoms with Crippen LogP contribution in [-0.2, 0) is 20.7 Å². The number of amides is 1. The second kappa shape index (κ2) is 10.1. The smallest absolute Gasteiger partial charge is 0.305 e. The van der Waals surface area contributed by atoms with Gasteiger partial charge in [0.15, 0.2) is 0 Å². The Hall–Kier alpha value is -1.87. The number of thioether (sulfide) groups is 1. The lowest BCUT2D eigenvalue weighted by molar-refractivity contribution is -0.143. The Labute approximate surface area is 148 Å². The molecule has 0 aliphatic rings. The van der Waals surface area contributed by atoms with Crippen molar-refractivity contribution in [2.75, 3.05) is 18.9 Å². The van der Waals surface area contributed by atoms with Gasteiger partial charge in [0, 0.05) is 24.3 Å². The first-order valence-corrected chi connectivity index (χ1v) is 9.52. The van der Waals surface area contributed by atoms with E-state index in [0.29, 0.717) is 37.6 Å². The molecule has 0 spiro atoms. The lowest BCUT2D eigenvalue weighted by atomic mass is 10.3. The molecule has 0 aliphatic heterocycles. The minimum Gasteiger partial charge on any atom is -0.466 e. The van der Waals surface area contributed by atoms with E-state index in [1.54, 1.807) is 18.3 Å². The number of H-pyrrole nitrogens is 1. The molecule has 0 saturated carbocycles. The Balaban J connectivity index is 1.61. The summed E-state index contributed by atoms with van der Waals surface area (Å²) in [6.07, 6.45) is 1.60. The number of carbonyl (C=O) groups excluding carboxylic acids is 2. The first-order chi connectivity index (χ1) is 11.7. The van der Waals surface area contributed by atoms with Crippen LogP contribution in [0.5, 0.6) is 0 Å². The number of aromatic nitrogens is 3. The third-order valence-electron chi connectivity index (χ3n) is 2.95. The van der Waals surface area contributed by atoms with Crippen LogP contribution in [0.4, 0.5) is 0 Å². The highest BCUT2D eigenvalue weighted by molar-refractivity contribution is 7.99. The van der Waals surface area contributed by atoms with E-state index in [1.807, 2.05) is 17.5 Å². The molecule has 2 heterocycles. The van der Waals surface area contributed by atoms with Crippen LogP contribution in [0.25, 0.3) is 0 Å². The van der Waals surface area contributed by atoms with Gasteiger partial charge in [-0.1, -0.05) is 17.8 Å². The third kappa shape index (κ3) is 6.71. The lowest BCUT2D eigenvalue weighted by Crippen LogP contribution is -2.26. The zero-order valence-corrected chi connectivity index (χ0v) is 15.0. The molecule has 1 amide bonds. The molecule has 7 nitrogen and oxygen atoms in total. The van der Waals surface area contributed by atoms with Crippen LogP contribution >= 0.6 is 23.1 Å². The van der Waals surface area contributed by atoms with E-state index < -0.39 is 0 Å². The molecule has 0 radical (unpaired) electrons. The van der Waals surface area contributed by atoms with Gasteiger partial charge in [-0.2, -0.15) is 0 Å². The maximum Gasteiger partial charge on any atom is 0.305 e. The molecule has 2 rings (SSSR count). The minimum absolute atomic E-state index is 0.103. The molecule has 2 aromatic heterocycles. The summed E-state index contributed by atoms with van der Waals surface area (Å²) < 4.78 is 4.82. The first kappa shape index (κ1) is 18.5. The maximum absolute atomic E-state index is 11.7. The standard InChI is InChI=1S/C15H20N4O3S2/c1-2-22-14(21)6-3-7-16-13(20)10-24-15-17-12(18-19-15)9-11-5-4-8-23-11/h4-5,8H,2-3,6-7,9-10H2,1H3,(H,16,20)(H,17,18,19). The second-order valence-corrected chi connectivity index (χ2v) is 6.84. The molecule has 0 saturated heterocycles. The van der Waals surface area contributed by atoms with Crippen LogP contribution in [0, 0.1) is 0 Å². The van der Waals surface area contributed by atoms with Crippen LogP contribution in [0.3, 0.4) is 0 Å². The number of aromatic amines is 1. The topological polar surface area (TPSA) is 97.0 Å². The van der Waals surface area contributed by atoms with Crippen LogP contribution in [0.15, 0.2) is 22.7 Å². The van der Waals surface area contributed by atoms with Gasteiger partial charge in [0.05, 0.1) is 12.4 Å². The number of ether oxygens (including phenoxy) is 1. The third-order valence-corrected chi connectivity index (χ3v) is 4.67. The van der Waals surface area contributed by atoms with Gasteiger partial charge in [-0.05, 0) is 24.8 Å². The monoisotopic (exact) mass is 368 g/mol. The summed E-state index contributed by atoms with van der Waals surface area (Å²) in [5.41, 5.74) is 0. The van der Waals surface area contributed by atoms with Gasteiger partial charge >= 0.3 is 5.97 Å². The van der Waals surface area contributed by atoms with Gasteiger partial charge < -0.3 is 10.1 Å². The molecule has 9 heteroatoms. The van der Waals surface area contributed by atoms with Gasteiger partial charge in [-0.15, -0.1) is 16.4 Å². The molecule has 130 valence electrons. The first-order valence-electron chi connectivity index (χ1n) is 7.66. The van der Waals surface area contributed by atoms with E-state index in [9.17, 15) is 9.59 Å². The van der Waals surface area contributed by atoms with E-state index >= 15 is 0 Å². The molecule has 0 aromatic carbocycles. The number of esters is 1. The highest BCUT2D eigenvalue weighted by Gasteiger charge is 2.09. The van der Waals surface area contributed by atoms with Crippen molar-refractivity contribution < 1.29 is 14.3 Å². The molecule has 0 fully saturated rings. The summed E-state index contributed by atoms with van der Waals surface area (Å²) in [6.45, 7) is 2.61. The fourth-order valence-corrected chi connectivity index (χ4v) is 3.23. The number of hydrogen-bond donors (Lipinski definition) is 2. The summed E-state index contributed by atoms with van der Waals surface area (Å²) in [5.74, 6) is 0.693. The molecule has 0 bridgehead atoms. The fourth-order valence-electron chi connectivity index (χ4n) is 1.87. The second-order valence-electron chi connectivity index (χ2n) is 4.87. The Morgan fingerprint density at radius 2 is 2.33 bits per heavy atom. The number of nitrogens with zero attached hydrogens (tertiary/aromatic N) is 2. The van der Waals surface area contributed by atoms with E-state index in [4.69, 9.17) is 4.74 Å². The summed E-state index contributed by atoms with van der Waals surface area (Å²) in [5, 5.41) is 12.3. The highest BCUT2D eigenvalue weighted by Crippen LogP contribution is 2.15. The van der Waals surface area contributed by atoms with E-state index in [1.165, 1.54) is 16.6 Å². The summed E-state index contributed by atoms with van der Waals surface area (Å²) in [6, 6.07) is 4.04. The summed E-state index contributed by atoms with van der Waals surface area (Å²) in [4.78, 5) is 28.5. The normalized spacial score (nSPS) is 10.5. The Morgan fingerprint density at radius 1 is 1.46 bits per heavy atom. The lowest BCUT2D eigenvalue weighted by Gasteiger charge is -2.04. The highest BCUT2D eigenvalue weighted by atomic mass is 32.2. The fraction of sp³-hybridized carbons (Fsp3) is 0.467. The van der Waals surface area contributed by atoms with Crippen molar-refractivity contribution in [1.82, 2.24) is 20.5 Å². The van der Waals surface area contributed by atoms with Crippen molar-refractivity contribution in [2.24, 2.45) is 0 Å². The van der Waals surface area contributed by atoms with E-state index in [0.717, 1.165) is 5.82 Å². The number of nitrogens with one attached hydrogen (secondary N) is 2. The van der Waals surface area contributed by atoms with Crippen LogP contribution in [-0.4, -0.2) is 46.0 Å². The van der Waals surface area contributed by atoms with Gasteiger partial charge in [0.1, 0.15) is 5.82 Å². The predicted octanol–water partition coefficient (Wildman–Crippen LogP) is 2.01. The molecule has 2 N–H and O–H groups in total. The quantitative estimate of drug-likeness (QED) is 0.378. The van der Waals surface area contributed by atoms with Crippen molar-refractivity contribution >= 4 is 35.0 Å². The van der Waals surface area contributed by atoms with Gasteiger partial charge in [0.25, 0.3) is 0 Å². The van der Waals surface area contributed by atoms with Crippen molar-refractivity contribution in [1.29, 1.82) is 0 Å². The number of rotatable bonds is 10. The molecule has 0 atom stereocenters. The Morgan fingerprint density at radius 3 is 3.08 bits per heavy atom. The zero-order chi connectivity index (χ0) is 17.2. The molecular weight excluding hydrogens is 348 g/mol. The van der Waals surface area contributed by atoms with Crippen molar-refractivity contribution in [3.05, 3.63) is 28.2 Å². The van der Waals surface area contributed by atoms with Crippen LogP contribution in [0.2, 0.25) is 0 Å². The van der Waals surface area contributed by atoms with Crippen LogP contribution < -0.4 is 5.32 Å². The number of carbonyl (C=O) groups is 2. The minimum atomic E-state index is -0.236. The average molecular weight is 368 g/mol. The zero-order valence-electron chi connectivity index (χ0n) is 13.4. The summed E-state index contributed by atoms with van der Waals surface area (Å²) >= 11 is 2.95. The Bertz CT molecular complexity index is 643. The molecule has 0 unspecified atom stereocenters. The number of hydrogen-bond acceptors (Lipinski definition) is 7. The van der Waals surface area contributed by atoms with Crippen molar-refractivity contribution in [3.63, 3.8) is 0 Å². The average Bonchev–Trinajstić information content (AvgIpc) is 3.22. The van der Waals surface area contributed by atoms with Gasteiger partial charge in [0.2, 0.25) is 11.1 Å². The van der Waals surface area contributed by atoms with E-state index in [-0.39, 0.29) is 17.6 Å². The van der Waals surface area contributed by atoms with E-state index in [2.05, 4.69) is 20.5 Å². The molecule has 2 aromatic rings. The molecule has 24 heavy (non-hydrogen) atoms. The van der Waals surface area contributed by atoms with Crippen LogP contribution in [0.1, 0.15) is 30.5 Å². The van der Waals surface area contributed by atoms with Crippen molar-refractivity contribution in [3.8, 4) is 0 Å². The summed E-state index contributed by atoms with van der Waals surface area (Å²) in [7, 11) is 0. The molecule has 0 aliphatic carbocycles. The Kier molecular flexibility index (Phi) is 7.76. The van der Waals surface area contributed by atoms with Gasteiger partial charge in [-0.25, -0.2) is 4.98 Å². The SMILES string of the molecule is CCOC(=O)CCCNC(=O)CSc1n[nH]c(Cc2cccs2)n1. The number of thiophene rings is 1.